The Labute approximate surface area is 156 Å². The fraction of sp³-hybridized carbons (Fsp3) is 0.450. The van der Waals surface area contributed by atoms with E-state index in [0.717, 1.165) is 19.0 Å². The molecule has 7 heteroatoms. The highest BCUT2D eigenvalue weighted by Gasteiger charge is 2.48. The molecule has 7 nitrogen and oxygen atoms in total. The van der Waals surface area contributed by atoms with Gasteiger partial charge in [-0.2, -0.15) is 0 Å². The average Bonchev–Trinajstić information content (AvgIpc) is 3.14. The molecule has 1 aromatic heterocycles. The SMILES string of the molecule is O=C(NC1[C@@H]2CC3C[C@@H]1CN(C3)C2)c1ccc(-c2ccccc2[N+](=O)[O-])o1. The van der Waals surface area contributed by atoms with E-state index in [2.05, 4.69) is 10.2 Å². The molecule has 2 atom stereocenters. The molecule has 27 heavy (non-hydrogen) atoms. The van der Waals surface area contributed by atoms with Crippen LogP contribution in [0, 0.1) is 27.9 Å². The number of hydrogen-bond acceptors (Lipinski definition) is 5. The second kappa shape index (κ2) is 6.20. The van der Waals surface area contributed by atoms with Gasteiger partial charge in [0.05, 0.1) is 10.5 Å². The number of carbonyl (C=O) groups excluding carboxylic acids is 1. The van der Waals surface area contributed by atoms with Crippen LogP contribution in [0.25, 0.3) is 11.3 Å². The lowest BCUT2D eigenvalue weighted by Gasteiger charge is -2.55. The normalized spacial score (nSPS) is 31.0. The van der Waals surface area contributed by atoms with Crippen molar-refractivity contribution in [3.63, 3.8) is 0 Å². The molecule has 4 heterocycles. The summed E-state index contributed by atoms with van der Waals surface area (Å²) in [5.41, 5.74) is 0.345. The molecule has 1 N–H and O–H groups in total. The second-order valence-electron chi connectivity index (χ2n) is 8.01. The number of carbonyl (C=O) groups is 1. The van der Waals surface area contributed by atoms with Gasteiger partial charge < -0.3 is 14.6 Å². The molecule has 1 aliphatic carbocycles. The predicted octanol–water partition coefficient (Wildman–Crippen LogP) is 2.92. The molecule has 4 fully saturated rings. The van der Waals surface area contributed by atoms with Crippen LogP contribution < -0.4 is 5.32 Å². The number of nitro groups is 1. The van der Waals surface area contributed by atoms with Gasteiger partial charge in [-0.05, 0) is 48.8 Å². The summed E-state index contributed by atoms with van der Waals surface area (Å²) in [6, 6.07) is 9.81. The number of para-hydroxylation sites is 1. The first-order valence-corrected chi connectivity index (χ1v) is 9.45. The lowest BCUT2D eigenvalue weighted by Crippen LogP contribution is -2.64. The third-order valence-electron chi connectivity index (χ3n) is 6.28. The quantitative estimate of drug-likeness (QED) is 0.663. The summed E-state index contributed by atoms with van der Waals surface area (Å²) in [6.07, 6.45) is 2.38. The standard InChI is InChI=1S/C20H21N3O4/c24-20(21-19-13-7-12-8-14(19)11-22(9-12)10-13)18-6-5-17(27-18)15-3-1-2-4-16(15)23(25)26/h1-6,12-14,19H,7-11H2,(H,21,24)/t12?,13-,14-,19?/m1/s1. The van der Waals surface area contributed by atoms with Crippen LogP contribution in [0.5, 0.6) is 0 Å². The zero-order chi connectivity index (χ0) is 18.5. The number of benzene rings is 1. The van der Waals surface area contributed by atoms with Gasteiger partial charge in [0, 0.05) is 31.7 Å². The molecule has 1 aromatic carbocycles. The third kappa shape index (κ3) is 2.82. The average molecular weight is 367 g/mol. The summed E-state index contributed by atoms with van der Waals surface area (Å²) < 4.78 is 5.69. The van der Waals surface area contributed by atoms with Crippen LogP contribution in [0.1, 0.15) is 23.4 Å². The highest BCUT2D eigenvalue weighted by atomic mass is 16.6. The molecule has 2 aromatic rings. The van der Waals surface area contributed by atoms with E-state index >= 15 is 0 Å². The summed E-state index contributed by atoms with van der Waals surface area (Å²) in [6.45, 7) is 3.35. The fourth-order valence-corrected chi connectivity index (χ4v) is 5.31. The fourth-order valence-electron chi connectivity index (χ4n) is 5.31. The lowest BCUT2D eigenvalue weighted by molar-refractivity contribution is -0.384. The van der Waals surface area contributed by atoms with Gasteiger partial charge in [0.25, 0.3) is 11.6 Å². The van der Waals surface area contributed by atoms with Crippen molar-refractivity contribution >= 4 is 11.6 Å². The van der Waals surface area contributed by atoms with Crippen LogP contribution in [0.15, 0.2) is 40.8 Å². The first kappa shape index (κ1) is 16.5. The Balaban J connectivity index is 1.35. The van der Waals surface area contributed by atoms with Crippen LogP contribution in [0.4, 0.5) is 5.69 Å². The van der Waals surface area contributed by atoms with E-state index in [-0.39, 0.29) is 23.4 Å². The van der Waals surface area contributed by atoms with Gasteiger partial charge in [-0.1, -0.05) is 12.1 Å². The van der Waals surface area contributed by atoms with Crippen molar-refractivity contribution in [3.05, 3.63) is 52.3 Å². The first-order chi connectivity index (χ1) is 13.1. The van der Waals surface area contributed by atoms with E-state index in [9.17, 15) is 14.9 Å². The number of nitrogens with one attached hydrogen (secondary N) is 1. The zero-order valence-electron chi connectivity index (χ0n) is 14.8. The molecule has 1 saturated carbocycles. The van der Waals surface area contributed by atoms with E-state index in [0.29, 0.717) is 23.2 Å². The second-order valence-corrected chi connectivity index (χ2v) is 8.01. The summed E-state index contributed by atoms with van der Waals surface area (Å²) in [4.78, 5) is 26.0. The molecule has 3 aliphatic heterocycles. The summed E-state index contributed by atoms with van der Waals surface area (Å²) in [5, 5.41) is 14.4. The molecule has 3 saturated heterocycles. The first-order valence-electron chi connectivity index (χ1n) is 9.45. The van der Waals surface area contributed by atoms with Gasteiger partial charge in [-0.15, -0.1) is 0 Å². The number of nitrogens with zero attached hydrogens (tertiary/aromatic N) is 2. The maximum atomic E-state index is 12.7. The van der Waals surface area contributed by atoms with Crippen LogP contribution in [-0.4, -0.2) is 41.4 Å². The van der Waals surface area contributed by atoms with E-state index in [1.807, 2.05) is 0 Å². The molecule has 4 aliphatic rings. The predicted molar refractivity (Wildman–Crippen MR) is 98.2 cm³/mol. The van der Waals surface area contributed by atoms with Crippen molar-refractivity contribution < 1.29 is 14.1 Å². The van der Waals surface area contributed by atoms with Crippen molar-refractivity contribution in [2.24, 2.45) is 17.8 Å². The number of amides is 1. The van der Waals surface area contributed by atoms with Crippen molar-refractivity contribution in [3.8, 4) is 11.3 Å². The molecule has 6 rings (SSSR count). The number of furan rings is 1. The number of piperidine rings is 3. The summed E-state index contributed by atoms with van der Waals surface area (Å²) in [5.74, 6) is 2.13. The Morgan fingerprint density at radius 2 is 1.85 bits per heavy atom. The monoisotopic (exact) mass is 367 g/mol. The van der Waals surface area contributed by atoms with Crippen LogP contribution in [0.3, 0.4) is 0 Å². The number of nitro benzene ring substituents is 1. The van der Waals surface area contributed by atoms with E-state index in [4.69, 9.17) is 4.42 Å². The molecule has 4 bridgehead atoms. The summed E-state index contributed by atoms with van der Waals surface area (Å²) >= 11 is 0. The molecular weight excluding hydrogens is 346 g/mol. The Kier molecular flexibility index (Phi) is 3.79. The zero-order valence-corrected chi connectivity index (χ0v) is 14.8. The van der Waals surface area contributed by atoms with Crippen LogP contribution >= 0.6 is 0 Å². The maximum Gasteiger partial charge on any atom is 0.287 e. The van der Waals surface area contributed by atoms with Crippen molar-refractivity contribution in [2.45, 2.75) is 18.9 Å². The van der Waals surface area contributed by atoms with Gasteiger partial charge in [0.2, 0.25) is 0 Å². The highest BCUT2D eigenvalue weighted by molar-refractivity contribution is 5.92. The number of hydrogen-bond donors (Lipinski definition) is 1. The minimum absolute atomic E-state index is 0.0334. The Bertz CT molecular complexity index is 878. The van der Waals surface area contributed by atoms with E-state index < -0.39 is 4.92 Å². The molecule has 0 radical (unpaired) electrons. The number of rotatable bonds is 4. The van der Waals surface area contributed by atoms with Gasteiger partial charge in [-0.25, -0.2) is 0 Å². The Morgan fingerprint density at radius 1 is 1.11 bits per heavy atom. The third-order valence-corrected chi connectivity index (χ3v) is 6.28. The van der Waals surface area contributed by atoms with Crippen molar-refractivity contribution in [1.29, 1.82) is 0 Å². The minimum atomic E-state index is -0.443. The largest absolute Gasteiger partial charge is 0.451 e. The minimum Gasteiger partial charge on any atom is -0.451 e. The van der Waals surface area contributed by atoms with E-state index in [1.165, 1.54) is 25.5 Å². The molecule has 140 valence electrons. The summed E-state index contributed by atoms with van der Waals surface area (Å²) in [7, 11) is 0. The molecular formula is C20H21N3O4. The topological polar surface area (TPSA) is 88.6 Å². The van der Waals surface area contributed by atoms with E-state index in [1.54, 1.807) is 30.3 Å². The maximum absolute atomic E-state index is 12.7. The molecule has 0 unspecified atom stereocenters. The smallest absolute Gasteiger partial charge is 0.287 e. The van der Waals surface area contributed by atoms with Gasteiger partial charge >= 0.3 is 0 Å². The van der Waals surface area contributed by atoms with Crippen molar-refractivity contribution in [1.82, 2.24) is 10.2 Å². The van der Waals surface area contributed by atoms with Crippen molar-refractivity contribution in [2.75, 3.05) is 19.6 Å². The van der Waals surface area contributed by atoms with Crippen LogP contribution in [0.2, 0.25) is 0 Å². The molecule has 0 spiro atoms. The Morgan fingerprint density at radius 3 is 2.56 bits per heavy atom. The Hall–Kier alpha value is -2.67. The van der Waals surface area contributed by atoms with Gasteiger partial charge in [0.15, 0.2) is 5.76 Å². The van der Waals surface area contributed by atoms with Gasteiger partial charge in [0.1, 0.15) is 5.76 Å². The highest BCUT2D eigenvalue weighted by Crippen LogP contribution is 2.43. The van der Waals surface area contributed by atoms with Crippen LogP contribution in [-0.2, 0) is 0 Å². The molecule has 1 amide bonds. The lowest BCUT2D eigenvalue weighted by atomic mass is 9.65. The van der Waals surface area contributed by atoms with Gasteiger partial charge in [-0.3, -0.25) is 14.9 Å².